The summed E-state index contributed by atoms with van der Waals surface area (Å²) in [5.74, 6) is -1.43. The fourth-order valence-corrected chi connectivity index (χ4v) is 3.48. The summed E-state index contributed by atoms with van der Waals surface area (Å²) in [6.45, 7) is 5.14. The van der Waals surface area contributed by atoms with E-state index in [9.17, 15) is 30.1 Å². The smallest absolute Gasteiger partial charge is 0.336 e. The molecule has 9 nitrogen and oxygen atoms in total. The van der Waals surface area contributed by atoms with E-state index in [4.69, 9.17) is 0 Å². The van der Waals surface area contributed by atoms with Gasteiger partial charge in [-0.15, -0.1) is 0 Å². The van der Waals surface area contributed by atoms with Crippen LogP contribution in [0.1, 0.15) is 88.4 Å². The minimum Gasteiger partial charge on any atom is -0.478 e. The summed E-state index contributed by atoms with van der Waals surface area (Å²) in [5.41, 5.74) is -1.59. The van der Waals surface area contributed by atoms with Crippen molar-refractivity contribution in [3.05, 3.63) is 37.9 Å². The number of carbonyl (C=O) groups is 1. The number of anilines is 1. The number of carboxylic acid groups (broad SMARTS) is 1. The second-order valence-corrected chi connectivity index (χ2v) is 7.50. The van der Waals surface area contributed by atoms with E-state index in [0.29, 0.717) is 13.1 Å². The van der Waals surface area contributed by atoms with Crippen LogP contribution < -0.4 is 4.90 Å². The summed E-state index contributed by atoms with van der Waals surface area (Å²) < 4.78 is 0. The van der Waals surface area contributed by atoms with E-state index in [1.54, 1.807) is 4.90 Å². The molecule has 168 valence electrons. The molecule has 1 aromatic rings. The Morgan fingerprint density at radius 2 is 1.23 bits per heavy atom. The minimum atomic E-state index is -1.43. The van der Waals surface area contributed by atoms with Gasteiger partial charge in [-0.05, 0) is 12.8 Å². The van der Waals surface area contributed by atoms with Gasteiger partial charge in [0, 0.05) is 25.2 Å². The Bertz CT molecular complexity index is 688. The Balaban J connectivity index is 3.21. The second kappa shape index (κ2) is 13.5. The topological polar surface area (TPSA) is 127 Å². The predicted molar refractivity (Wildman–Crippen MR) is 116 cm³/mol. The molecule has 0 unspecified atom stereocenters. The van der Waals surface area contributed by atoms with Crippen molar-refractivity contribution in [3.63, 3.8) is 0 Å². The number of hydrogen-bond acceptors (Lipinski definition) is 6. The molecule has 1 aromatic carbocycles. The Morgan fingerprint density at radius 1 is 0.833 bits per heavy atom. The highest BCUT2D eigenvalue weighted by Gasteiger charge is 2.32. The van der Waals surface area contributed by atoms with Gasteiger partial charge in [0.25, 0.3) is 0 Å². The number of unbranched alkanes of at least 4 members (excludes halogenated alkanes) is 8. The van der Waals surface area contributed by atoms with Gasteiger partial charge in [0.2, 0.25) is 0 Å². The molecule has 0 aliphatic carbocycles. The van der Waals surface area contributed by atoms with Gasteiger partial charge in [-0.1, -0.05) is 65.2 Å². The molecule has 9 heteroatoms. The predicted octanol–water partition coefficient (Wildman–Crippen LogP) is 5.95. The lowest BCUT2D eigenvalue weighted by Crippen LogP contribution is -2.27. The summed E-state index contributed by atoms with van der Waals surface area (Å²) in [5, 5.41) is 32.5. The molecule has 1 N–H and O–H groups in total. The van der Waals surface area contributed by atoms with Gasteiger partial charge in [0.05, 0.1) is 15.4 Å². The fourth-order valence-electron chi connectivity index (χ4n) is 3.48. The first kappa shape index (κ1) is 25.3. The molecule has 0 fully saturated rings. The maximum absolute atomic E-state index is 11.7. The summed E-state index contributed by atoms with van der Waals surface area (Å²) in [6, 6.07) is 1.84. The van der Waals surface area contributed by atoms with Crippen molar-refractivity contribution >= 4 is 23.0 Å². The molecule has 0 bridgehead atoms. The van der Waals surface area contributed by atoms with Gasteiger partial charge < -0.3 is 10.0 Å². The highest BCUT2D eigenvalue weighted by atomic mass is 16.6. The zero-order chi connectivity index (χ0) is 22.5. The molecule has 30 heavy (non-hydrogen) atoms. The molecule has 1 rings (SSSR count). The van der Waals surface area contributed by atoms with Gasteiger partial charge >= 0.3 is 17.3 Å². The molecular formula is C21H33N3O6. The lowest BCUT2D eigenvalue weighted by molar-refractivity contribution is -0.392. The molecule has 0 saturated carbocycles. The number of nitrogens with zero attached hydrogens (tertiary/aromatic N) is 3. The first-order valence-corrected chi connectivity index (χ1v) is 10.8. The third kappa shape index (κ3) is 7.96. The van der Waals surface area contributed by atoms with E-state index in [1.807, 2.05) is 0 Å². The molecule has 0 radical (unpaired) electrons. The Hall–Kier alpha value is -2.71. The van der Waals surface area contributed by atoms with Crippen LogP contribution in [0.15, 0.2) is 12.1 Å². The van der Waals surface area contributed by atoms with Crippen LogP contribution in [0.5, 0.6) is 0 Å². The average Bonchev–Trinajstić information content (AvgIpc) is 2.70. The zero-order valence-electron chi connectivity index (χ0n) is 18.0. The number of aromatic carboxylic acids is 1. The van der Waals surface area contributed by atoms with Crippen molar-refractivity contribution < 1.29 is 19.7 Å². The van der Waals surface area contributed by atoms with Crippen molar-refractivity contribution in [2.45, 2.75) is 78.1 Å². The third-order valence-electron chi connectivity index (χ3n) is 5.09. The summed E-state index contributed by atoms with van der Waals surface area (Å²) >= 11 is 0. The first-order valence-electron chi connectivity index (χ1n) is 10.8. The largest absolute Gasteiger partial charge is 0.478 e. The van der Waals surface area contributed by atoms with Crippen molar-refractivity contribution in [1.29, 1.82) is 0 Å². The van der Waals surface area contributed by atoms with Gasteiger partial charge in [-0.2, -0.15) is 0 Å². The van der Waals surface area contributed by atoms with Crippen molar-refractivity contribution in [3.8, 4) is 0 Å². The molecule has 0 atom stereocenters. The third-order valence-corrected chi connectivity index (χ3v) is 5.09. The summed E-state index contributed by atoms with van der Waals surface area (Å²) in [7, 11) is 0. The molecule has 0 aliphatic heterocycles. The van der Waals surface area contributed by atoms with Crippen molar-refractivity contribution in [1.82, 2.24) is 0 Å². The van der Waals surface area contributed by atoms with Crippen LogP contribution in [0.2, 0.25) is 0 Å². The SMILES string of the molecule is CCCCCCCCN(CCCCCC)c1c([N+](=O)[O-])cc(C(=O)O)cc1[N+](=O)[O-]. The highest BCUT2D eigenvalue weighted by molar-refractivity contribution is 5.92. The van der Waals surface area contributed by atoms with Crippen LogP contribution in [-0.4, -0.2) is 34.0 Å². The number of benzene rings is 1. The lowest BCUT2D eigenvalue weighted by Gasteiger charge is -2.24. The molecule has 0 heterocycles. The molecule has 0 amide bonds. The van der Waals surface area contributed by atoms with E-state index < -0.39 is 32.8 Å². The molecule has 0 aliphatic rings. The van der Waals surface area contributed by atoms with E-state index in [2.05, 4.69) is 13.8 Å². The zero-order valence-corrected chi connectivity index (χ0v) is 18.0. The standard InChI is InChI=1S/C21H33N3O6/c1-3-5-7-9-10-12-14-22(13-11-8-6-4-2)20-18(23(27)28)15-17(21(25)26)16-19(20)24(29)30/h15-16H,3-14H2,1-2H3,(H,25,26). The first-order chi connectivity index (χ1) is 14.3. The number of nitro groups is 2. The average molecular weight is 424 g/mol. The van der Waals surface area contributed by atoms with E-state index in [0.717, 1.165) is 76.3 Å². The fraction of sp³-hybridized carbons (Fsp3) is 0.667. The molecule has 0 aromatic heterocycles. The number of carboxylic acids is 1. The Kier molecular flexibility index (Phi) is 11.4. The van der Waals surface area contributed by atoms with Crippen LogP contribution in [0, 0.1) is 20.2 Å². The van der Waals surface area contributed by atoms with Gasteiger partial charge in [0.15, 0.2) is 5.69 Å². The highest BCUT2D eigenvalue weighted by Crippen LogP contribution is 2.39. The van der Waals surface area contributed by atoms with E-state index in [1.165, 1.54) is 0 Å². The van der Waals surface area contributed by atoms with E-state index in [-0.39, 0.29) is 5.69 Å². The molecule has 0 spiro atoms. The number of nitro benzene ring substituents is 2. The summed E-state index contributed by atoms with van der Waals surface area (Å²) in [4.78, 5) is 34.9. The number of hydrogen-bond donors (Lipinski definition) is 1. The van der Waals surface area contributed by atoms with E-state index >= 15 is 0 Å². The lowest BCUT2D eigenvalue weighted by atomic mass is 10.1. The van der Waals surface area contributed by atoms with Gasteiger partial charge in [0.1, 0.15) is 0 Å². The quantitative estimate of drug-likeness (QED) is 0.198. The monoisotopic (exact) mass is 423 g/mol. The normalized spacial score (nSPS) is 10.7. The van der Waals surface area contributed by atoms with Crippen LogP contribution >= 0.6 is 0 Å². The van der Waals surface area contributed by atoms with Gasteiger partial charge in [-0.25, -0.2) is 4.79 Å². The summed E-state index contributed by atoms with van der Waals surface area (Å²) in [6.07, 6.45) is 9.94. The molecule has 0 saturated heterocycles. The van der Waals surface area contributed by atoms with Crippen LogP contribution in [0.3, 0.4) is 0 Å². The van der Waals surface area contributed by atoms with Crippen molar-refractivity contribution in [2.24, 2.45) is 0 Å². The van der Waals surface area contributed by atoms with Crippen LogP contribution in [-0.2, 0) is 0 Å². The van der Waals surface area contributed by atoms with Gasteiger partial charge in [-0.3, -0.25) is 20.2 Å². The maximum atomic E-state index is 11.7. The van der Waals surface area contributed by atoms with Crippen molar-refractivity contribution in [2.75, 3.05) is 18.0 Å². The molecular weight excluding hydrogens is 390 g/mol. The maximum Gasteiger partial charge on any atom is 0.336 e. The second-order valence-electron chi connectivity index (χ2n) is 7.50. The minimum absolute atomic E-state index is 0.0833. The Labute approximate surface area is 177 Å². The van der Waals surface area contributed by atoms with Crippen LogP contribution in [0.4, 0.5) is 17.1 Å². The van der Waals surface area contributed by atoms with Crippen LogP contribution in [0.25, 0.3) is 0 Å². The Morgan fingerprint density at radius 3 is 1.63 bits per heavy atom. The number of rotatable bonds is 16.